The lowest BCUT2D eigenvalue weighted by atomic mass is 10.2. The summed E-state index contributed by atoms with van der Waals surface area (Å²) in [6.45, 7) is -0.0559. The van der Waals surface area contributed by atoms with Crippen molar-refractivity contribution in [2.24, 2.45) is 5.73 Å². The maximum absolute atomic E-state index is 13.2. The highest BCUT2D eigenvalue weighted by molar-refractivity contribution is 7.92. The molecule has 0 aliphatic rings. The van der Waals surface area contributed by atoms with Gasteiger partial charge < -0.3 is 5.73 Å². The minimum absolute atomic E-state index is 0.0530. The SMILES string of the molecule is NCc1ccc(F)cc1S(=O)(=O)Nc1cccc(F)c1. The number of halogens is 2. The van der Waals surface area contributed by atoms with Gasteiger partial charge in [-0.2, -0.15) is 0 Å². The third kappa shape index (κ3) is 3.12. The van der Waals surface area contributed by atoms with E-state index < -0.39 is 21.7 Å². The lowest BCUT2D eigenvalue weighted by Gasteiger charge is -2.11. The summed E-state index contributed by atoms with van der Waals surface area (Å²) in [7, 11) is -4.03. The summed E-state index contributed by atoms with van der Waals surface area (Å²) in [6, 6.07) is 8.28. The minimum atomic E-state index is -4.03. The first-order chi connectivity index (χ1) is 9.42. The van der Waals surface area contributed by atoms with E-state index in [1.165, 1.54) is 24.3 Å². The molecule has 20 heavy (non-hydrogen) atoms. The highest BCUT2D eigenvalue weighted by atomic mass is 32.2. The van der Waals surface area contributed by atoms with Crippen LogP contribution in [0.15, 0.2) is 47.4 Å². The molecule has 0 amide bonds. The molecule has 7 heteroatoms. The predicted octanol–water partition coefficient (Wildman–Crippen LogP) is 2.22. The van der Waals surface area contributed by atoms with Crippen LogP contribution in [0.3, 0.4) is 0 Å². The Morgan fingerprint density at radius 3 is 2.40 bits per heavy atom. The standard InChI is InChI=1S/C13H12F2N2O2S/c14-10-2-1-3-12(6-10)17-20(18,19)13-7-11(15)5-4-9(13)8-16/h1-7,17H,8,16H2. The van der Waals surface area contributed by atoms with Gasteiger partial charge >= 0.3 is 0 Å². The summed E-state index contributed by atoms with van der Waals surface area (Å²) in [5.41, 5.74) is 5.77. The molecule has 0 saturated heterocycles. The van der Waals surface area contributed by atoms with Crippen molar-refractivity contribution < 1.29 is 17.2 Å². The number of benzene rings is 2. The van der Waals surface area contributed by atoms with E-state index in [0.29, 0.717) is 0 Å². The topological polar surface area (TPSA) is 72.2 Å². The maximum Gasteiger partial charge on any atom is 0.262 e. The minimum Gasteiger partial charge on any atom is -0.326 e. The van der Waals surface area contributed by atoms with Gasteiger partial charge in [0.25, 0.3) is 10.0 Å². The number of rotatable bonds is 4. The number of sulfonamides is 1. The van der Waals surface area contributed by atoms with Gasteiger partial charge in [0.2, 0.25) is 0 Å². The second-order valence-corrected chi connectivity index (χ2v) is 5.72. The Morgan fingerprint density at radius 2 is 1.75 bits per heavy atom. The molecule has 0 saturated carbocycles. The Labute approximate surface area is 115 Å². The van der Waals surface area contributed by atoms with E-state index in [9.17, 15) is 17.2 Å². The number of nitrogens with two attached hydrogens (primary N) is 1. The lowest BCUT2D eigenvalue weighted by molar-refractivity contribution is 0.593. The van der Waals surface area contributed by atoms with Crippen molar-refractivity contribution in [3.63, 3.8) is 0 Å². The molecule has 0 bridgehead atoms. The van der Waals surface area contributed by atoms with E-state index in [0.717, 1.165) is 18.2 Å². The van der Waals surface area contributed by atoms with Crippen molar-refractivity contribution >= 4 is 15.7 Å². The monoisotopic (exact) mass is 298 g/mol. The highest BCUT2D eigenvalue weighted by Gasteiger charge is 2.19. The molecule has 0 spiro atoms. The first kappa shape index (κ1) is 14.4. The van der Waals surface area contributed by atoms with Crippen molar-refractivity contribution in [2.45, 2.75) is 11.4 Å². The van der Waals surface area contributed by atoms with Crippen molar-refractivity contribution in [3.8, 4) is 0 Å². The zero-order valence-corrected chi connectivity index (χ0v) is 11.1. The molecule has 0 aliphatic heterocycles. The quantitative estimate of drug-likeness (QED) is 0.909. The summed E-state index contributed by atoms with van der Waals surface area (Å²) in [6.07, 6.45) is 0. The second-order valence-electron chi connectivity index (χ2n) is 4.07. The van der Waals surface area contributed by atoms with Gasteiger partial charge in [0.05, 0.1) is 10.6 Å². The third-order valence-electron chi connectivity index (χ3n) is 2.62. The Balaban J connectivity index is 2.43. The molecule has 106 valence electrons. The average molecular weight is 298 g/mol. The van der Waals surface area contributed by atoms with Crippen LogP contribution in [0.2, 0.25) is 0 Å². The Bertz CT molecular complexity index is 733. The predicted molar refractivity (Wildman–Crippen MR) is 71.5 cm³/mol. The molecule has 0 fully saturated rings. The molecule has 4 nitrogen and oxygen atoms in total. The molecular formula is C13H12F2N2O2S. The van der Waals surface area contributed by atoms with Crippen molar-refractivity contribution in [2.75, 3.05) is 4.72 Å². The average Bonchev–Trinajstić information content (AvgIpc) is 2.38. The molecule has 0 unspecified atom stereocenters. The van der Waals surface area contributed by atoms with Gasteiger partial charge in [-0.1, -0.05) is 12.1 Å². The van der Waals surface area contributed by atoms with E-state index in [2.05, 4.69) is 4.72 Å². The van der Waals surface area contributed by atoms with E-state index in [1.807, 2.05) is 0 Å². The first-order valence-electron chi connectivity index (χ1n) is 5.69. The van der Waals surface area contributed by atoms with Gasteiger partial charge in [-0.25, -0.2) is 17.2 Å². The fourth-order valence-electron chi connectivity index (χ4n) is 1.71. The summed E-state index contributed by atoms with van der Waals surface area (Å²) in [4.78, 5) is -0.260. The molecule has 2 aromatic carbocycles. The van der Waals surface area contributed by atoms with Gasteiger partial charge in [-0.05, 0) is 35.9 Å². The summed E-state index contributed by atoms with van der Waals surface area (Å²) >= 11 is 0. The zero-order chi connectivity index (χ0) is 14.8. The van der Waals surface area contributed by atoms with Crippen LogP contribution < -0.4 is 10.5 Å². The Morgan fingerprint density at radius 1 is 1.05 bits per heavy atom. The summed E-state index contributed by atoms with van der Waals surface area (Å²) in [5, 5.41) is 0. The number of hydrogen-bond acceptors (Lipinski definition) is 3. The van der Waals surface area contributed by atoms with Crippen LogP contribution in [-0.4, -0.2) is 8.42 Å². The van der Waals surface area contributed by atoms with Crippen molar-refractivity contribution in [1.29, 1.82) is 0 Å². The highest BCUT2D eigenvalue weighted by Crippen LogP contribution is 2.21. The van der Waals surface area contributed by atoms with Crippen LogP contribution >= 0.6 is 0 Å². The van der Waals surface area contributed by atoms with Gasteiger partial charge in [-0.3, -0.25) is 4.72 Å². The molecule has 2 aromatic rings. The van der Waals surface area contributed by atoms with E-state index >= 15 is 0 Å². The molecule has 0 heterocycles. The largest absolute Gasteiger partial charge is 0.326 e. The van der Waals surface area contributed by atoms with Crippen molar-refractivity contribution in [1.82, 2.24) is 0 Å². The van der Waals surface area contributed by atoms with Gasteiger partial charge in [0.1, 0.15) is 11.6 Å². The Hall–Kier alpha value is -1.99. The number of nitrogens with one attached hydrogen (secondary N) is 1. The smallest absolute Gasteiger partial charge is 0.262 e. The lowest BCUT2D eigenvalue weighted by Crippen LogP contribution is -2.16. The fraction of sp³-hybridized carbons (Fsp3) is 0.0769. The zero-order valence-electron chi connectivity index (χ0n) is 10.3. The van der Waals surface area contributed by atoms with E-state index in [1.54, 1.807) is 0 Å². The van der Waals surface area contributed by atoms with Crippen LogP contribution in [-0.2, 0) is 16.6 Å². The number of anilines is 1. The molecule has 0 aromatic heterocycles. The summed E-state index contributed by atoms with van der Waals surface area (Å²) in [5.74, 6) is -1.27. The van der Waals surface area contributed by atoms with Crippen LogP contribution in [0.4, 0.5) is 14.5 Å². The fourth-order valence-corrected chi connectivity index (χ4v) is 3.02. The second kappa shape index (κ2) is 5.56. The van der Waals surface area contributed by atoms with Gasteiger partial charge in [-0.15, -0.1) is 0 Å². The van der Waals surface area contributed by atoms with Gasteiger partial charge in [0.15, 0.2) is 0 Å². The van der Waals surface area contributed by atoms with Crippen LogP contribution in [0.1, 0.15) is 5.56 Å². The number of hydrogen-bond donors (Lipinski definition) is 2. The van der Waals surface area contributed by atoms with E-state index in [-0.39, 0.29) is 22.7 Å². The van der Waals surface area contributed by atoms with Gasteiger partial charge in [0, 0.05) is 6.54 Å². The normalized spacial score (nSPS) is 11.3. The molecular weight excluding hydrogens is 286 g/mol. The molecule has 0 atom stereocenters. The van der Waals surface area contributed by atoms with Crippen molar-refractivity contribution in [3.05, 3.63) is 59.7 Å². The van der Waals surface area contributed by atoms with Crippen LogP contribution in [0.5, 0.6) is 0 Å². The maximum atomic E-state index is 13.2. The van der Waals surface area contributed by atoms with Crippen LogP contribution in [0, 0.1) is 11.6 Å². The third-order valence-corrected chi connectivity index (χ3v) is 4.08. The molecule has 0 radical (unpaired) electrons. The van der Waals surface area contributed by atoms with E-state index in [4.69, 9.17) is 5.73 Å². The Kier molecular flexibility index (Phi) is 4.01. The first-order valence-corrected chi connectivity index (χ1v) is 7.17. The molecule has 0 aliphatic carbocycles. The molecule has 2 rings (SSSR count). The molecule has 3 N–H and O–H groups in total. The van der Waals surface area contributed by atoms with Crippen LogP contribution in [0.25, 0.3) is 0 Å². The summed E-state index contributed by atoms with van der Waals surface area (Å²) < 4.78 is 52.8.